The maximum atomic E-state index is 13.9. The molecule has 0 fully saturated rings. The molecular formula is C34H34N2O4. The van der Waals surface area contributed by atoms with Crippen molar-refractivity contribution < 1.29 is 19.1 Å². The summed E-state index contributed by atoms with van der Waals surface area (Å²) >= 11 is 0. The SMILES string of the molecule is CC(C)(C)OC(=O)N[C@H](c1ccccc1)[C@H](N=C(c1ccccc1)c1ccccc1)C(=O)OCc1ccccc1. The fourth-order valence-electron chi connectivity index (χ4n) is 4.16. The van der Waals surface area contributed by atoms with Crippen molar-refractivity contribution in [1.82, 2.24) is 5.32 Å². The topological polar surface area (TPSA) is 77.0 Å². The maximum absolute atomic E-state index is 13.9. The lowest BCUT2D eigenvalue weighted by atomic mass is 9.97. The molecule has 0 radical (unpaired) electrons. The molecule has 0 saturated heterocycles. The number of aliphatic imine (C=N–C) groups is 1. The second kappa shape index (κ2) is 13.4. The van der Waals surface area contributed by atoms with Crippen LogP contribution in [0.15, 0.2) is 126 Å². The Morgan fingerprint density at radius 2 is 1.20 bits per heavy atom. The second-order valence-corrected chi connectivity index (χ2v) is 10.3. The molecule has 6 heteroatoms. The fraction of sp³-hybridized carbons (Fsp3) is 0.206. The Kier molecular flexibility index (Phi) is 9.47. The number of hydrogen-bond acceptors (Lipinski definition) is 5. The van der Waals surface area contributed by atoms with Gasteiger partial charge in [-0.2, -0.15) is 0 Å². The van der Waals surface area contributed by atoms with Crippen LogP contribution in [0.2, 0.25) is 0 Å². The number of carbonyl (C=O) groups excluding carboxylic acids is 2. The number of esters is 1. The van der Waals surface area contributed by atoms with E-state index in [0.29, 0.717) is 11.3 Å². The zero-order valence-corrected chi connectivity index (χ0v) is 23.0. The number of benzene rings is 4. The highest BCUT2D eigenvalue weighted by molar-refractivity contribution is 6.13. The summed E-state index contributed by atoms with van der Waals surface area (Å²) in [5.41, 5.74) is 3.09. The largest absolute Gasteiger partial charge is 0.459 e. The minimum atomic E-state index is -1.12. The Balaban J connectivity index is 1.81. The standard InChI is InChI=1S/C34H34N2O4/c1-34(2,3)40-33(38)36-30(28-22-14-7-15-23-28)31(32(37)39-24-25-16-8-4-9-17-25)35-29(26-18-10-5-11-19-26)27-20-12-6-13-21-27/h4-23,30-31H,24H2,1-3H3,(H,36,38)/t30-,31+/m1/s1. The highest BCUT2D eigenvalue weighted by atomic mass is 16.6. The van der Waals surface area contributed by atoms with Crippen molar-refractivity contribution in [3.8, 4) is 0 Å². The maximum Gasteiger partial charge on any atom is 0.408 e. The molecule has 2 atom stereocenters. The lowest BCUT2D eigenvalue weighted by Gasteiger charge is -2.27. The molecule has 0 aromatic heterocycles. The zero-order chi connectivity index (χ0) is 28.4. The van der Waals surface area contributed by atoms with Gasteiger partial charge < -0.3 is 14.8 Å². The molecule has 1 N–H and O–H groups in total. The molecule has 0 bridgehead atoms. The van der Waals surface area contributed by atoms with Gasteiger partial charge in [0, 0.05) is 11.1 Å². The molecule has 4 aromatic rings. The van der Waals surface area contributed by atoms with Gasteiger partial charge in [0.2, 0.25) is 0 Å². The number of hydrogen-bond donors (Lipinski definition) is 1. The quantitative estimate of drug-likeness (QED) is 0.187. The first kappa shape index (κ1) is 28.3. The fourth-order valence-corrected chi connectivity index (χ4v) is 4.16. The van der Waals surface area contributed by atoms with Gasteiger partial charge in [0.05, 0.1) is 11.8 Å². The van der Waals surface area contributed by atoms with Crippen LogP contribution in [0.25, 0.3) is 0 Å². The zero-order valence-electron chi connectivity index (χ0n) is 23.0. The van der Waals surface area contributed by atoms with E-state index in [1.807, 2.05) is 121 Å². The van der Waals surface area contributed by atoms with Crippen molar-refractivity contribution in [2.75, 3.05) is 0 Å². The van der Waals surface area contributed by atoms with Crippen LogP contribution in [0.3, 0.4) is 0 Å². The molecule has 6 nitrogen and oxygen atoms in total. The Bertz CT molecular complexity index is 1360. The van der Waals surface area contributed by atoms with Crippen molar-refractivity contribution in [2.24, 2.45) is 4.99 Å². The van der Waals surface area contributed by atoms with Crippen molar-refractivity contribution in [3.05, 3.63) is 144 Å². The second-order valence-electron chi connectivity index (χ2n) is 10.3. The Labute approximate surface area is 235 Å². The molecule has 0 saturated carbocycles. The lowest BCUT2D eigenvalue weighted by molar-refractivity contribution is -0.147. The van der Waals surface area contributed by atoms with Crippen LogP contribution in [0.5, 0.6) is 0 Å². The highest BCUT2D eigenvalue weighted by Crippen LogP contribution is 2.25. The Morgan fingerprint density at radius 3 is 1.70 bits per heavy atom. The third-order valence-electron chi connectivity index (χ3n) is 5.97. The molecule has 0 unspecified atom stereocenters. The van der Waals surface area contributed by atoms with Crippen LogP contribution in [0, 0.1) is 0 Å². The van der Waals surface area contributed by atoms with Crippen LogP contribution >= 0.6 is 0 Å². The van der Waals surface area contributed by atoms with Crippen LogP contribution < -0.4 is 5.32 Å². The minimum absolute atomic E-state index is 0.0750. The third-order valence-corrected chi connectivity index (χ3v) is 5.97. The van der Waals surface area contributed by atoms with E-state index in [0.717, 1.165) is 16.7 Å². The number of nitrogens with zero attached hydrogens (tertiary/aromatic N) is 1. The summed E-state index contributed by atoms with van der Waals surface area (Å²) in [4.78, 5) is 31.9. The summed E-state index contributed by atoms with van der Waals surface area (Å²) < 4.78 is 11.4. The number of carbonyl (C=O) groups is 2. The van der Waals surface area contributed by atoms with Crippen molar-refractivity contribution in [1.29, 1.82) is 0 Å². The Morgan fingerprint density at radius 1 is 0.725 bits per heavy atom. The molecule has 40 heavy (non-hydrogen) atoms. The van der Waals surface area contributed by atoms with Crippen LogP contribution in [-0.2, 0) is 20.9 Å². The molecule has 1 amide bonds. The predicted molar refractivity (Wildman–Crippen MR) is 157 cm³/mol. The van der Waals surface area contributed by atoms with Crippen LogP contribution in [0.1, 0.15) is 49.1 Å². The first-order valence-corrected chi connectivity index (χ1v) is 13.2. The van der Waals surface area contributed by atoms with E-state index in [9.17, 15) is 9.59 Å². The molecule has 204 valence electrons. The molecule has 4 aromatic carbocycles. The number of nitrogens with one attached hydrogen (secondary N) is 1. The first-order valence-electron chi connectivity index (χ1n) is 13.2. The first-order chi connectivity index (χ1) is 19.3. The summed E-state index contributed by atoms with van der Waals surface area (Å²) in [6.45, 7) is 5.44. The van der Waals surface area contributed by atoms with Gasteiger partial charge in [-0.1, -0.05) is 121 Å². The summed E-state index contributed by atoms with van der Waals surface area (Å²) in [5, 5.41) is 2.91. The van der Waals surface area contributed by atoms with Crippen LogP contribution in [0.4, 0.5) is 4.79 Å². The average molecular weight is 535 g/mol. The van der Waals surface area contributed by atoms with Gasteiger partial charge in [-0.25, -0.2) is 9.59 Å². The van der Waals surface area contributed by atoms with E-state index in [-0.39, 0.29) is 6.61 Å². The van der Waals surface area contributed by atoms with E-state index in [2.05, 4.69) is 5.32 Å². The molecule has 0 aliphatic carbocycles. The average Bonchev–Trinajstić information content (AvgIpc) is 2.96. The number of alkyl carbamates (subject to hydrolysis) is 1. The van der Waals surface area contributed by atoms with Gasteiger partial charge in [-0.05, 0) is 31.9 Å². The minimum Gasteiger partial charge on any atom is -0.459 e. The number of rotatable bonds is 9. The van der Waals surface area contributed by atoms with Gasteiger partial charge in [0.1, 0.15) is 12.2 Å². The van der Waals surface area contributed by atoms with Gasteiger partial charge in [0.15, 0.2) is 6.04 Å². The smallest absolute Gasteiger partial charge is 0.408 e. The predicted octanol–water partition coefficient (Wildman–Crippen LogP) is 6.90. The van der Waals surface area contributed by atoms with Crippen molar-refractivity contribution in [2.45, 2.75) is 45.1 Å². The summed E-state index contributed by atoms with van der Waals surface area (Å²) in [7, 11) is 0. The van der Waals surface area contributed by atoms with Gasteiger partial charge in [-0.15, -0.1) is 0 Å². The van der Waals surface area contributed by atoms with E-state index < -0.39 is 29.7 Å². The van der Waals surface area contributed by atoms with Crippen LogP contribution in [-0.4, -0.2) is 29.4 Å². The summed E-state index contributed by atoms with van der Waals surface area (Å²) in [6.07, 6.45) is -0.654. The molecule has 0 heterocycles. The van der Waals surface area contributed by atoms with E-state index in [1.54, 1.807) is 20.8 Å². The summed E-state index contributed by atoms with van der Waals surface area (Å²) in [6, 6.07) is 36.0. The Hall–Kier alpha value is -4.71. The molecule has 4 rings (SSSR count). The molecule has 0 aliphatic rings. The number of amides is 1. The normalized spacial score (nSPS) is 12.5. The summed E-state index contributed by atoms with van der Waals surface area (Å²) in [5.74, 6) is -0.571. The number of ether oxygens (including phenoxy) is 2. The molecular weight excluding hydrogens is 500 g/mol. The van der Waals surface area contributed by atoms with E-state index in [1.165, 1.54) is 0 Å². The lowest BCUT2D eigenvalue weighted by Crippen LogP contribution is -2.43. The van der Waals surface area contributed by atoms with Crippen molar-refractivity contribution >= 4 is 17.8 Å². The molecule has 0 spiro atoms. The molecule has 0 aliphatic heterocycles. The highest BCUT2D eigenvalue weighted by Gasteiger charge is 2.34. The third kappa shape index (κ3) is 8.14. The van der Waals surface area contributed by atoms with Gasteiger partial charge >= 0.3 is 12.1 Å². The monoisotopic (exact) mass is 534 g/mol. The van der Waals surface area contributed by atoms with E-state index >= 15 is 0 Å². The van der Waals surface area contributed by atoms with E-state index in [4.69, 9.17) is 14.5 Å². The van der Waals surface area contributed by atoms with Gasteiger partial charge in [0.25, 0.3) is 0 Å². The van der Waals surface area contributed by atoms with Crippen molar-refractivity contribution in [3.63, 3.8) is 0 Å². The van der Waals surface area contributed by atoms with Gasteiger partial charge in [-0.3, -0.25) is 4.99 Å².